The van der Waals surface area contributed by atoms with Crippen molar-refractivity contribution in [1.29, 1.82) is 0 Å². The molecule has 0 fully saturated rings. The normalized spacial score (nSPS) is 13.1. The van der Waals surface area contributed by atoms with E-state index in [-0.39, 0.29) is 5.41 Å². The van der Waals surface area contributed by atoms with E-state index in [9.17, 15) is 0 Å². The standard InChI is InChI=1S/C49H35NS/c1-49(2)41-23-9-8-19-39(41)47-42(49)24-13-25-43(47)50(35-30-28-34(29-31-35)37-20-10-17-32-16-6-7-18-36(32)37)44-26-11-22-40-46-38(33-14-4-3-5-15-33)21-12-27-45(46)51-48(40)44/h3-31H,1-2H3. The molecule has 0 radical (unpaired) electrons. The fraction of sp³-hybridized carbons (Fsp3) is 0.0612. The van der Waals surface area contributed by atoms with Gasteiger partial charge in [0.1, 0.15) is 0 Å². The van der Waals surface area contributed by atoms with Gasteiger partial charge in [0, 0.05) is 32.1 Å². The Hall–Kier alpha value is -5.96. The predicted octanol–water partition coefficient (Wildman–Crippen LogP) is 14.3. The topological polar surface area (TPSA) is 3.24 Å². The first-order chi connectivity index (χ1) is 25.1. The van der Waals surface area contributed by atoms with Crippen molar-refractivity contribution >= 4 is 59.3 Å². The summed E-state index contributed by atoms with van der Waals surface area (Å²) in [5.74, 6) is 0. The number of fused-ring (bicyclic) bond motifs is 7. The van der Waals surface area contributed by atoms with Crippen molar-refractivity contribution in [2.45, 2.75) is 19.3 Å². The smallest absolute Gasteiger partial charge is 0.0640 e. The van der Waals surface area contributed by atoms with Crippen LogP contribution in [0.2, 0.25) is 0 Å². The predicted molar refractivity (Wildman–Crippen MR) is 220 cm³/mol. The summed E-state index contributed by atoms with van der Waals surface area (Å²) >= 11 is 1.89. The zero-order valence-corrected chi connectivity index (χ0v) is 29.4. The van der Waals surface area contributed by atoms with Gasteiger partial charge in [-0.15, -0.1) is 11.3 Å². The monoisotopic (exact) mass is 669 g/mol. The van der Waals surface area contributed by atoms with E-state index in [4.69, 9.17) is 0 Å². The molecular formula is C49H35NS. The minimum atomic E-state index is -0.0972. The molecule has 10 rings (SSSR count). The number of anilines is 3. The molecule has 0 saturated heterocycles. The van der Waals surface area contributed by atoms with E-state index in [1.807, 2.05) is 11.3 Å². The fourth-order valence-corrected chi connectivity index (χ4v) is 9.70. The van der Waals surface area contributed by atoms with Gasteiger partial charge in [-0.2, -0.15) is 0 Å². The van der Waals surface area contributed by atoms with Crippen LogP contribution in [-0.2, 0) is 5.41 Å². The van der Waals surface area contributed by atoms with Crippen molar-refractivity contribution in [3.8, 4) is 33.4 Å². The van der Waals surface area contributed by atoms with Gasteiger partial charge in [0.15, 0.2) is 0 Å². The van der Waals surface area contributed by atoms with Gasteiger partial charge in [0.2, 0.25) is 0 Å². The Bertz CT molecular complexity index is 2770. The summed E-state index contributed by atoms with van der Waals surface area (Å²) in [6, 6.07) is 64.7. The van der Waals surface area contributed by atoms with Crippen molar-refractivity contribution in [3.05, 3.63) is 187 Å². The molecule has 51 heavy (non-hydrogen) atoms. The molecule has 0 aliphatic heterocycles. The van der Waals surface area contributed by atoms with Crippen LogP contribution in [0.15, 0.2) is 176 Å². The third kappa shape index (κ3) is 4.60. The molecule has 0 atom stereocenters. The van der Waals surface area contributed by atoms with E-state index < -0.39 is 0 Å². The van der Waals surface area contributed by atoms with Gasteiger partial charge in [-0.05, 0) is 80.0 Å². The largest absolute Gasteiger partial charge is 0.308 e. The molecule has 1 aliphatic rings. The molecule has 0 bridgehead atoms. The maximum atomic E-state index is 2.52. The van der Waals surface area contributed by atoms with E-state index >= 15 is 0 Å². The molecule has 0 spiro atoms. The number of hydrogen-bond acceptors (Lipinski definition) is 2. The molecule has 1 heterocycles. The van der Waals surface area contributed by atoms with Crippen molar-refractivity contribution < 1.29 is 0 Å². The number of rotatable bonds is 5. The Balaban J connectivity index is 1.23. The van der Waals surface area contributed by atoms with Gasteiger partial charge >= 0.3 is 0 Å². The second-order valence-corrected chi connectivity index (χ2v) is 15.1. The average Bonchev–Trinajstić information content (AvgIpc) is 3.69. The lowest BCUT2D eigenvalue weighted by atomic mass is 9.82. The van der Waals surface area contributed by atoms with E-state index in [2.05, 4.69) is 195 Å². The molecule has 0 N–H and O–H groups in total. The molecule has 2 heteroatoms. The van der Waals surface area contributed by atoms with Crippen LogP contribution in [0.3, 0.4) is 0 Å². The first-order valence-corrected chi connectivity index (χ1v) is 18.5. The highest BCUT2D eigenvalue weighted by Gasteiger charge is 2.38. The highest BCUT2D eigenvalue weighted by Crippen LogP contribution is 2.55. The van der Waals surface area contributed by atoms with Gasteiger partial charge < -0.3 is 4.90 Å². The fourth-order valence-electron chi connectivity index (χ4n) is 8.46. The van der Waals surface area contributed by atoms with Crippen LogP contribution in [-0.4, -0.2) is 0 Å². The number of nitrogens with zero attached hydrogens (tertiary/aromatic N) is 1. The first-order valence-electron chi connectivity index (χ1n) is 17.7. The van der Waals surface area contributed by atoms with E-state index in [0.29, 0.717) is 0 Å². The quantitative estimate of drug-likeness (QED) is 0.176. The molecule has 242 valence electrons. The minimum Gasteiger partial charge on any atom is -0.308 e. The lowest BCUT2D eigenvalue weighted by Gasteiger charge is -2.29. The second kappa shape index (κ2) is 11.6. The molecule has 1 aromatic heterocycles. The highest BCUT2D eigenvalue weighted by molar-refractivity contribution is 7.26. The van der Waals surface area contributed by atoms with Crippen LogP contribution in [0, 0.1) is 0 Å². The third-order valence-corrected chi connectivity index (χ3v) is 12.1. The SMILES string of the molecule is CC1(C)c2ccccc2-c2c(N(c3ccc(-c4cccc5ccccc45)cc3)c3cccc4c3sc3cccc(-c5ccccc5)c34)cccc21. The van der Waals surface area contributed by atoms with Gasteiger partial charge in [0.05, 0.1) is 16.1 Å². The molecule has 0 unspecified atom stereocenters. The molecule has 1 aliphatic carbocycles. The van der Waals surface area contributed by atoms with E-state index in [1.165, 1.54) is 86.8 Å². The Morgan fingerprint density at radius 1 is 0.451 bits per heavy atom. The van der Waals surface area contributed by atoms with E-state index in [1.54, 1.807) is 0 Å². The van der Waals surface area contributed by atoms with Gasteiger partial charge in [-0.25, -0.2) is 0 Å². The van der Waals surface area contributed by atoms with Crippen molar-refractivity contribution in [1.82, 2.24) is 0 Å². The summed E-state index contributed by atoms with van der Waals surface area (Å²) in [5.41, 5.74) is 13.8. The molecule has 9 aromatic rings. The van der Waals surface area contributed by atoms with Gasteiger partial charge in [-0.3, -0.25) is 0 Å². The molecule has 1 nitrogen and oxygen atoms in total. The molecule has 0 amide bonds. The summed E-state index contributed by atoms with van der Waals surface area (Å²) in [5, 5.41) is 5.14. The van der Waals surface area contributed by atoms with Crippen LogP contribution in [0.4, 0.5) is 17.1 Å². The van der Waals surface area contributed by atoms with Crippen LogP contribution in [0.25, 0.3) is 64.3 Å². The Morgan fingerprint density at radius 3 is 1.94 bits per heavy atom. The number of thiophene rings is 1. The highest BCUT2D eigenvalue weighted by atomic mass is 32.1. The van der Waals surface area contributed by atoms with Crippen LogP contribution in [0.5, 0.6) is 0 Å². The summed E-state index contributed by atoms with van der Waals surface area (Å²) in [6.45, 7) is 4.73. The lowest BCUT2D eigenvalue weighted by Crippen LogP contribution is -2.16. The second-order valence-electron chi connectivity index (χ2n) is 14.1. The Morgan fingerprint density at radius 2 is 1.06 bits per heavy atom. The third-order valence-electron chi connectivity index (χ3n) is 10.9. The van der Waals surface area contributed by atoms with Crippen molar-refractivity contribution in [3.63, 3.8) is 0 Å². The van der Waals surface area contributed by atoms with Crippen LogP contribution >= 0.6 is 11.3 Å². The molecule has 0 saturated carbocycles. The summed E-state index contributed by atoms with van der Waals surface area (Å²) in [7, 11) is 0. The maximum Gasteiger partial charge on any atom is 0.0640 e. The maximum absolute atomic E-state index is 2.52. The molecule has 8 aromatic carbocycles. The zero-order valence-electron chi connectivity index (χ0n) is 28.6. The lowest BCUT2D eigenvalue weighted by molar-refractivity contribution is 0.660. The minimum absolute atomic E-state index is 0.0972. The first kappa shape index (κ1) is 29.9. The van der Waals surface area contributed by atoms with Crippen LogP contribution < -0.4 is 4.90 Å². The Kier molecular flexibility index (Phi) is 6.78. The summed E-state index contributed by atoms with van der Waals surface area (Å²) in [4.78, 5) is 2.52. The zero-order chi connectivity index (χ0) is 34.1. The van der Waals surface area contributed by atoms with E-state index in [0.717, 1.165) is 5.69 Å². The molecular weight excluding hydrogens is 635 g/mol. The Labute approximate surface area is 302 Å². The van der Waals surface area contributed by atoms with Gasteiger partial charge in [0.25, 0.3) is 0 Å². The number of benzene rings is 8. The van der Waals surface area contributed by atoms with Crippen molar-refractivity contribution in [2.24, 2.45) is 0 Å². The summed E-state index contributed by atoms with van der Waals surface area (Å²) in [6.07, 6.45) is 0. The summed E-state index contributed by atoms with van der Waals surface area (Å²) < 4.78 is 2.59. The van der Waals surface area contributed by atoms with Crippen molar-refractivity contribution in [2.75, 3.05) is 4.90 Å². The average molecular weight is 670 g/mol. The van der Waals surface area contributed by atoms with Gasteiger partial charge in [-0.1, -0.05) is 159 Å². The number of hydrogen-bond donors (Lipinski definition) is 0. The van der Waals surface area contributed by atoms with Crippen LogP contribution in [0.1, 0.15) is 25.0 Å².